The summed E-state index contributed by atoms with van der Waals surface area (Å²) >= 11 is 0. The summed E-state index contributed by atoms with van der Waals surface area (Å²) in [6.07, 6.45) is 0. The average molecular weight is 523 g/mol. The number of nitrogens with one attached hydrogen (secondary N) is 1. The Labute approximate surface area is 219 Å². The standard InChI is InChI=1S/C26H30N6O6/c1-5-38-25(33)16-32-24(28-29-30-32)15-31(13-17-6-8-20(35-2)9-7-17)14-19-10-18-11-22(36-3)23(37-4)12-21(18)27-26(19)34/h6-12H,5,13-16H2,1-4H3,(H,27,34). The minimum Gasteiger partial charge on any atom is -0.497 e. The molecular formula is C26H30N6O6. The van der Waals surface area contributed by atoms with E-state index < -0.39 is 5.97 Å². The van der Waals surface area contributed by atoms with Crippen LogP contribution in [0.15, 0.2) is 47.3 Å². The van der Waals surface area contributed by atoms with Crippen LogP contribution in [0.4, 0.5) is 0 Å². The predicted octanol–water partition coefficient (Wildman–Crippen LogP) is 2.31. The smallest absolute Gasteiger partial charge is 0.327 e. The number of benzene rings is 2. The number of aromatic amines is 1. The summed E-state index contributed by atoms with van der Waals surface area (Å²) in [5.41, 5.74) is 1.95. The number of tetrazole rings is 1. The van der Waals surface area contributed by atoms with Gasteiger partial charge in [-0.05, 0) is 47.2 Å². The lowest BCUT2D eigenvalue weighted by atomic mass is 10.1. The third-order valence-corrected chi connectivity index (χ3v) is 5.94. The molecule has 0 saturated heterocycles. The van der Waals surface area contributed by atoms with Gasteiger partial charge in [-0.15, -0.1) is 5.10 Å². The fourth-order valence-electron chi connectivity index (χ4n) is 4.08. The van der Waals surface area contributed by atoms with E-state index in [9.17, 15) is 9.59 Å². The van der Waals surface area contributed by atoms with E-state index in [1.807, 2.05) is 41.3 Å². The Kier molecular flexibility index (Phi) is 8.54. The Bertz CT molecular complexity index is 1450. The Morgan fingerprint density at radius 3 is 2.39 bits per heavy atom. The molecule has 4 aromatic rings. The second-order valence-corrected chi connectivity index (χ2v) is 8.47. The average Bonchev–Trinajstić information content (AvgIpc) is 3.34. The van der Waals surface area contributed by atoms with Crippen LogP contribution < -0.4 is 19.8 Å². The van der Waals surface area contributed by atoms with Gasteiger partial charge >= 0.3 is 5.97 Å². The zero-order chi connectivity index (χ0) is 27.1. The molecule has 2 aromatic heterocycles. The fourth-order valence-corrected chi connectivity index (χ4v) is 4.08. The van der Waals surface area contributed by atoms with Crippen molar-refractivity contribution in [1.82, 2.24) is 30.1 Å². The van der Waals surface area contributed by atoms with E-state index in [-0.39, 0.29) is 31.8 Å². The number of pyridine rings is 1. The second-order valence-electron chi connectivity index (χ2n) is 8.47. The number of carbonyl (C=O) groups is 1. The second kappa shape index (κ2) is 12.2. The van der Waals surface area contributed by atoms with Crippen molar-refractivity contribution in [3.8, 4) is 17.2 Å². The number of fused-ring (bicyclic) bond motifs is 1. The number of methoxy groups -OCH3 is 3. The lowest BCUT2D eigenvalue weighted by molar-refractivity contribution is -0.144. The van der Waals surface area contributed by atoms with E-state index in [1.165, 1.54) is 4.68 Å². The van der Waals surface area contributed by atoms with Gasteiger partial charge in [-0.25, -0.2) is 4.68 Å². The van der Waals surface area contributed by atoms with Crippen LogP contribution in [-0.4, -0.2) is 64.0 Å². The topological polar surface area (TPSA) is 134 Å². The summed E-state index contributed by atoms with van der Waals surface area (Å²) < 4.78 is 22.5. The minimum atomic E-state index is -0.432. The molecule has 0 saturated carbocycles. The number of nitrogens with zero attached hydrogens (tertiary/aromatic N) is 5. The first-order chi connectivity index (χ1) is 18.4. The molecule has 2 heterocycles. The molecule has 0 fully saturated rings. The first-order valence-electron chi connectivity index (χ1n) is 12.0. The van der Waals surface area contributed by atoms with Gasteiger partial charge in [-0.1, -0.05) is 12.1 Å². The first-order valence-corrected chi connectivity index (χ1v) is 12.0. The van der Waals surface area contributed by atoms with Crippen molar-refractivity contribution in [3.05, 3.63) is 69.8 Å². The Hall–Kier alpha value is -4.45. The summed E-state index contributed by atoms with van der Waals surface area (Å²) in [4.78, 5) is 30.1. The first kappa shape index (κ1) is 26.6. The number of carbonyl (C=O) groups excluding carboxylic acids is 1. The highest BCUT2D eigenvalue weighted by molar-refractivity contribution is 5.83. The van der Waals surface area contributed by atoms with Crippen molar-refractivity contribution in [2.45, 2.75) is 33.1 Å². The van der Waals surface area contributed by atoms with Gasteiger partial charge in [0.15, 0.2) is 17.3 Å². The number of aromatic nitrogens is 5. The number of rotatable bonds is 12. The summed E-state index contributed by atoms with van der Waals surface area (Å²) in [7, 11) is 4.72. The molecular weight excluding hydrogens is 492 g/mol. The van der Waals surface area contributed by atoms with Crippen LogP contribution in [0.1, 0.15) is 23.9 Å². The highest BCUT2D eigenvalue weighted by atomic mass is 16.5. The number of H-pyrrole nitrogens is 1. The fraction of sp³-hybridized carbons (Fsp3) is 0.346. The molecule has 0 radical (unpaired) electrons. The van der Waals surface area contributed by atoms with E-state index >= 15 is 0 Å². The van der Waals surface area contributed by atoms with Crippen LogP contribution in [0.5, 0.6) is 17.2 Å². The predicted molar refractivity (Wildman–Crippen MR) is 138 cm³/mol. The van der Waals surface area contributed by atoms with E-state index in [0.29, 0.717) is 34.9 Å². The molecule has 0 spiro atoms. The highest BCUT2D eigenvalue weighted by Crippen LogP contribution is 2.31. The van der Waals surface area contributed by atoms with Gasteiger partial charge in [-0.2, -0.15) is 0 Å². The largest absolute Gasteiger partial charge is 0.497 e. The molecule has 0 aliphatic heterocycles. The van der Waals surface area contributed by atoms with Gasteiger partial charge in [0, 0.05) is 30.1 Å². The van der Waals surface area contributed by atoms with Gasteiger partial charge in [0.2, 0.25) is 0 Å². The summed E-state index contributed by atoms with van der Waals surface area (Å²) in [6.45, 7) is 2.95. The lowest BCUT2D eigenvalue weighted by Crippen LogP contribution is -2.28. The molecule has 0 atom stereocenters. The highest BCUT2D eigenvalue weighted by Gasteiger charge is 2.18. The molecule has 0 unspecified atom stereocenters. The van der Waals surface area contributed by atoms with E-state index in [1.54, 1.807) is 34.3 Å². The van der Waals surface area contributed by atoms with E-state index in [4.69, 9.17) is 18.9 Å². The van der Waals surface area contributed by atoms with Gasteiger partial charge in [0.05, 0.1) is 40.0 Å². The van der Waals surface area contributed by atoms with E-state index in [0.717, 1.165) is 16.7 Å². The summed E-state index contributed by atoms with van der Waals surface area (Å²) in [5.74, 6) is 1.87. The van der Waals surface area contributed by atoms with Crippen LogP contribution in [0.2, 0.25) is 0 Å². The molecule has 0 aliphatic carbocycles. The SMILES string of the molecule is CCOC(=O)Cn1nnnc1CN(Cc1ccc(OC)cc1)Cc1cc2cc(OC)c(OC)cc2[nH]c1=O. The third-order valence-electron chi connectivity index (χ3n) is 5.94. The molecule has 12 heteroatoms. The van der Waals surface area contributed by atoms with Crippen molar-refractivity contribution in [2.75, 3.05) is 27.9 Å². The molecule has 4 rings (SSSR count). The van der Waals surface area contributed by atoms with Gasteiger partial charge < -0.3 is 23.9 Å². The van der Waals surface area contributed by atoms with Crippen molar-refractivity contribution in [2.24, 2.45) is 0 Å². The maximum Gasteiger partial charge on any atom is 0.327 e. The third kappa shape index (κ3) is 6.27. The maximum absolute atomic E-state index is 13.1. The molecule has 0 amide bonds. The lowest BCUT2D eigenvalue weighted by Gasteiger charge is -2.22. The quantitative estimate of drug-likeness (QED) is 0.276. The van der Waals surface area contributed by atoms with Crippen LogP contribution >= 0.6 is 0 Å². The monoisotopic (exact) mass is 522 g/mol. The van der Waals surface area contributed by atoms with Crippen molar-refractivity contribution < 1.29 is 23.7 Å². The van der Waals surface area contributed by atoms with Crippen LogP contribution in [-0.2, 0) is 35.7 Å². The molecule has 200 valence electrons. The Morgan fingerprint density at radius 2 is 1.71 bits per heavy atom. The minimum absolute atomic E-state index is 0.106. The van der Waals surface area contributed by atoms with Crippen LogP contribution in [0.3, 0.4) is 0 Å². The zero-order valence-corrected chi connectivity index (χ0v) is 21.8. The molecule has 1 N–H and O–H groups in total. The molecule has 0 bridgehead atoms. The Morgan fingerprint density at radius 1 is 0.974 bits per heavy atom. The molecule has 38 heavy (non-hydrogen) atoms. The molecule has 2 aromatic carbocycles. The van der Waals surface area contributed by atoms with Crippen LogP contribution in [0.25, 0.3) is 10.9 Å². The maximum atomic E-state index is 13.1. The zero-order valence-electron chi connectivity index (χ0n) is 21.8. The van der Waals surface area contributed by atoms with E-state index in [2.05, 4.69) is 20.5 Å². The molecule has 0 aliphatic rings. The number of ether oxygens (including phenoxy) is 4. The van der Waals surface area contributed by atoms with Crippen molar-refractivity contribution in [3.63, 3.8) is 0 Å². The summed E-state index contributed by atoms with van der Waals surface area (Å²) in [5, 5.41) is 12.6. The molecule has 12 nitrogen and oxygen atoms in total. The normalized spacial score (nSPS) is 11.1. The number of hydrogen-bond acceptors (Lipinski definition) is 10. The van der Waals surface area contributed by atoms with Crippen molar-refractivity contribution >= 4 is 16.9 Å². The van der Waals surface area contributed by atoms with Gasteiger partial charge in [0.25, 0.3) is 5.56 Å². The summed E-state index contributed by atoms with van der Waals surface area (Å²) in [6, 6.07) is 13.0. The van der Waals surface area contributed by atoms with Crippen molar-refractivity contribution in [1.29, 1.82) is 0 Å². The Balaban J connectivity index is 1.65. The number of hydrogen-bond donors (Lipinski definition) is 1. The van der Waals surface area contributed by atoms with Gasteiger partial charge in [0.1, 0.15) is 12.3 Å². The van der Waals surface area contributed by atoms with Gasteiger partial charge in [-0.3, -0.25) is 14.5 Å². The number of esters is 1. The van der Waals surface area contributed by atoms with Crippen LogP contribution in [0, 0.1) is 0 Å².